The monoisotopic (exact) mass is 542 g/mol. The normalized spacial score (nSPS) is 16.3. The second-order valence-corrected chi connectivity index (χ2v) is 6.50. The molecular weight excluding hydrogens is 517 g/mol. The van der Waals surface area contributed by atoms with Crippen molar-refractivity contribution < 1.29 is 32.5 Å². The number of fused-ring (bicyclic) bond motifs is 1. The third kappa shape index (κ3) is 6.37. The molecule has 3 rings (SSSR count). The Morgan fingerprint density at radius 2 is 2.00 bits per heavy atom. The van der Waals surface area contributed by atoms with Gasteiger partial charge in [-0.2, -0.15) is 8.78 Å². The van der Waals surface area contributed by atoms with Gasteiger partial charge in [0.05, 0.1) is 13.2 Å². The zero-order chi connectivity index (χ0) is 20.8. The summed E-state index contributed by atoms with van der Waals surface area (Å²) in [6.07, 6.45) is 1.07. The van der Waals surface area contributed by atoms with Crippen LogP contribution in [0.2, 0.25) is 0 Å². The third-order valence-corrected chi connectivity index (χ3v) is 4.56. The Labute approximate surface area is 189 Å². The van der Waals surface area contributed by atoms with E-state index in [-0.39, 0.29) is 61.2 Å². The summed E-state index contributed by atoms with van der Waals surface area (Å²) in [5.41, 5.74) is 6.35. The first-order valence-corrected chi connectivity index (χ1v) is 9.31. The lowest BCUT2D eigenvalue weighted by Gasteiger charge is -2.31. The van der Waals surface area contributed by atoms with Crippen LogP contribution < -0.4 is 25.3 Å². The second-order valence-electron chi connectivity index (χ2n) is 6.50. The van der Waals surface area contributed by atoms with Crippen LogP contribution in [-0.4, -0.2) is 56.1 Å². The molecule has 0 bridgehead atoms. The Bertz CT molecular complexity index is 760. The van der Waals surface area contributed by atoms with Crippen LogP contribution in [0.5, 0.6) is 17.2 Å². The highest BCUT2D eigenvalue weighted by molar-refractivity contribution is 14.0. The highest BCUT2D eigenvalue weighted by atomic mass is 127. The number of nitrogens with zero attached hydrogens (tertiary/aromatic N) is 2. The number of amides is 1. The number of hydrogen-bond acceptors (Lipinski definition) is 6. The van der Waals surface area contributed by atoms with Gasteiger partial charge in [0, 0.05) is 30.8 Å². The van der Waals surface area contributed by atoms with Crippen molar-refractivity contribution in [3.63, 3.8) is 0 Å². The molecular formula is C18H25F2IN4O5. The molecule has 9 nitrogen and oxygen atoms in total. The van der Waals surface area contributed by atoms with E-state index in [0.717, 1.165) is 0 Å². The molecule has 2 heterocycles. The number of carbonyl (C=O) groups is 1. The molecule has 30 heavy (non-hydrogen) atoms. The minimum Gasteiger partial charge on any atom is -0.454 e. The molecule has 1 fully saturated rings. The number of benzene rings is 1. The lowest BCUT2D eigenvalue weighted by atomic mass is 10.1. The minimum absolute atomic E-state index is 0. The minimum atomic E-state index is -2.97. The van der Waals surface area contributed by atoms with Gasteiger partial charge in [-0.1, -0.05) is 0 Å². The molecule has 2 aliphatic rings. The first-order valence-electron chi connectivity index (χ1n) is 9.31. The van der Waals surface area contributed by atoms with Crippen molar-refractivity contribution in [3.8, 4) is 17.2 Å². The average Bonchev–Trinajstić information content (AvgIpc) is 3.13. The van der Waals surface area contributed by atoms with Crippen molar-refractivity contribution in [2.75, 3.05) is 26.5 Å². The van der Waals surface area contributed by atoms with Crippen LogP contribution in [0, 0.1) is 0 Å². The molecule has 0 radical (unpaired) electrons. The third-order valence-electron chi connectivity index (χ3n) is 4.56. The summed E-state index contributed by atoms with van der Waals surface area (Å²) in [6, 6.07) is 2.96. The Balaban J connectivity index is 0.00000320. The highest BCUT2D eigenvalue weighted by Gasteiger charge is 2.24. The number of nitrogens with two attached hydrogens (primary N) is 1. The first kappa shape index (κ1) is 24.0. The summed E-state index contributed by atoms with van der Waals surface area (Å²) in [6.45, 7) is 0.285. The van der Waals surface area contributed by atoms with Crippen LogP contribution in [0.3, 0.4) is 0 Å². The largest absolute Gasteiger partial charge is 0.454 e. The number of piperidine rings is 1. The van der Waals surface area contributed by atoms with Gasteiger partial charge in [0.1, 0.15) is 5.75 Å². The van der Waals surface area contributed by atoms with Crippen LogP contribution in [-0.2, 0) is 11.3 Å². The lowest BCUT2D eigenvalue weighted by molar-refractivity contribution is -0.0505. The molecule has 0 unspecified atom stereocenters. The van der Waals surface area contributed by atoms with Gasteiger partial charge in [0.2, 0.25) is 6.79 Å². The van der Waals surface area contributed by atoms with E-state index in [1.165, 1.54) is 6.07 Å². The maximum absolute atomic E-state index is 12.7. The van der Waals surface area contributed by atoms with Crippen LogP contribution in [0.15, 0.2) is 17.1 Å². The van der Waals surface area contributed by atoms with E-state index in [0.29, 0.717) is 49.6 Å². The van der Waals surface area contributed by atoms with E-state index in [1.54, 1.807) is 17.9 Å². The fourth-order valence-electron chi connectivity index (χ4n) is 3.14. The van der Waals surface area contributed by atoms with Gasteiger partial charge in [-0.25, -0.2) is 9.79 Å². The Kier molecular flexibility index (Phi) is 8.99. The van der Waals surface area contributed by atoms with Gasteiger partial charge in [0.25, 0.3) is 0 Å². The van der Waals surface area contributed by atoms with Crippen LogP contribution >= 0.6 is 24.0 Å². The van der Waals surface area contributed by atoms with E-state index in [2.05, 4.69) is 15.0 Å². The number of nitrogens with one attached hydrogen (secondary N) is 1. The second kappa shape index (κ2) is 11.2. The number of alkyl halides is 2. The van der Waals surface area contributed by atoms with Crippen LogP contribution in [0.25, 0.3) is 0 Å². The molecule has 1 aromatic carbocycles. The van der Waals surface area contributed by atoms with Crippen molar-refractivity contribution in [1.82, 2.24) is 10.2 Å². The average molecular weight is 542 g/mol. The zero-order valence-electron chi connectivity index (χ0n) is 16.4. The number of rotatable bonds is 6. The standard InChI is InChI=1S/C18H24F2N4O5.HI/c1-2-26-18(25)24-5-3-12(4-6-24)23-17(21)22-9-11-7-14-15(28-10-27-14)8-13(11)29-16(19)20;/h7-8,12,16H,2-6,9-10H2,1H3,(H3,21,22,23);1H. The first-order chi connectivity index (χ1) is 14.0. The number of carbonyl (C=O) groups excluding carboxylic acids is 1. The highest BCUT2D eigenvalue weighted by Crippen LogP contribution is 2.39. The number of aliphatic imine (C=N–C) groups is 1. The van der Waals surface area contributed by atoms with E-state index in [1.807, 2.05) is 0 Å². The number of halogens is 3. The van der Waals surface area contributed by atoms with Gasteiger partial charge in [-0.05, 0) is 25.8 Å². The number of guanidine groups is 1. The quantitative estimate of drug-likeness (QED) is 0.324. The summed E-state index contributed by atoms with van der Waals surface area (Å²) in [7, 11) is 0. The molecule has 12 heteroatoms. The summed E-state index contributed by atoms with van der Waals surface area (Å²) in [4.78, 5) is 17.6. The molecule has 0 aliphatic carbocycles. The summed E-state index contributed by atoms with van der Waals surface area (Å²) in [5.74, 6) is 0.923. The van der Waals surface area contributed by atoms with Gasteiger partial charge in [-0.3, -0.25) is 0 Å². The Morgan fingerprint density at radius 3 is 2.63 bits per heavy atom. The Morgan fingerprint density at radius 1 is 1.33 bits per heavy atom. The predicted octanol–water partition coefficient (Wildman–Crippen LogP) is 2.66. The summed E-state index contributed by atoms with van der Waals surface area (Å²) < 4.78 is 45.4. The van der Waals surface area contributed by atoms with E-state index < -0.39 is 6.61 Å². The lowest BCUT2D eigenvalue weighted by Crippen LogP contribution is -2.48. The van der Waals surface area contributed by atoms with Gasteiger partial charge in [-0.15, -0.1) is 24.0 Å². The molecule has 1 saturated heterocycles. The summed E-state index contributed by atoms with van der Waals surface area (Å²) in [5, 5.41) is 3.10. The number of hydrogen-bond donors (Lipinski definition) is 2. The van der Waals surface area contributed by atoms with Crippen molar-refractivity contribution >= 4 is 36.0 Å². The maximum atomic E-state index is 12.7. The maximum Gasteiger partial charge on any atom is 0.409 e. The predicted molar refractivity (Wildman–Crippen MR) is 115 cm³/mol. The number of likely N-dealkylation sites (tertiary alicyclic amines) is 1. The summed E-state index contributed by atoms with van der Waals surface area (Å²) >= 11 is 0. The van der Waals surface area contributed by atoms with Crippen LogP contribution in [0.1, 0.15) is 25.3 Å². The SMILES string of the molecule is CCOC(=O)N1CCC(NC(N)=NCc2cc3c(cc2OC(F)F)OCO3)CC1.I. The molecule has 1 aromatic rings. The van der Waals surface area contributed by atoms with E-state index in [9.17, 15) is 13.6 Å². The fraction of sp³-hybridized carbons (Fsp3) is 0.556. The number of ether oxygens (including phenoxy) is 4. The van der Waals surface area contributed by atoms with Crippen molar-refractivity contribution in [1.29, 1.82) is 0 Å². The molecule has 2 aliphatic heterocycles. The fourth-order valence-corrected chi connectivity index (χ4v) is 3.14. The molecule has 0 spiro atoms. The Hall–Kier alpha value is -2.25. The van der Waals surface area contributed by atoms with E-state index >= 15 is 0 Å². The smallest absolute Gasteiger partial charge is 0.409 e. The van der Waals surface area contributed by atoms with E-state index in [4.69, 9.17) is 19.9 Å². The van der Waals surface area contributed by atoms with Gasteiger partial charge in [0.15, 0.2) is 17.5 Å². The molecule has 0 aromatic heterocycles. The zero-order valence-corrected chi connectivity index (χ0v) is 18.8. The molecule has 0 atom stereocenters. The van der Waals surface area contributed by atoms with Crippen LogP contribution in [0.4, 0.5) is 13.6 Å². The topological polar surface area (TPSA) is 108 Å². The van der Waals surface area contributed by atoms with Gasteiger partial charge >= 0.3 is 12.7 Å². The molecule has 0 saturated carbocycles. The molecule has 168 valence electrons. The molecule has 3 N–H and O–H groups in total. The van der Waals surface area contributed by atoms with Crippen molar-refractivity contribution in [2.24, 2.45) is 10.7 Å². The van der Waals surface area contributed by atoms with Gasteiger partial charge < -0.3 is 34.9 Å². The van der Waals surface area contributed by atoms with Crippen molar-refractivity contribution in [2.45, 2.75) is 39.0 Å². The molecule has 1 amide bonds. The van der Waals surface area contributed by atoms with Crippen molar-refractivity contribution in [3.05, 3.63) is 17.7 Å².